The lowest BCUT2D eigenvalue weighted by Gasteiger charge is -2.45. The predicted octanol–water partition coefficient (Wildman–Crippen LogP) is 12.4. The van der Waals surface area contributed by atoms with E-state index in [1.165, 1.54) is 33.4 Å². The Morgan fingerprint density at radius 3 is 1.64 bits per heavy atom. The highest BCUT2D eigenvalue weighted by atomic mass is 31.1. The van der Waals surface area contributed by atoms with Gasteiger partial charge in [-0.25, -0.2) is 0 Å². The summed E-state index contributed by atoms with van der Waals surface area (Å²) < 4.78 is 13.4. The van der Waals surface area contributed by atoms with Crippen LogP contribution in [-0.2, 0) is 5.41 Å². The first-order chi connectivity index (χ1) is 23.3. The first kappa shape index (κ1) is 26.5. The van der Waals surface area contributed by atoms with Gasteiger partial charge in [0.1, 0.15) is 5.58 Å². The highest BCUT2D eigenvalue weighted by Gasteiger charge is 2.51. The minimum absolute atomic E-state index is 0.437. The Morgan fingerprint density at radius 2 is 0.979 bits per heavy atom. The summed E-state index contributed by atoms with van der Waals surface area (Å²) in [6.07, 6.45) is 0. The summed E-state index contributed by atoms with van der Waals surface area (Å²) in [7, 11) is -1.14. The van der Waals surface area contributed by atoms with E-state index in [1.54, 1.807) is 0 Å². The molecule has 0 N–H and O–H groups in total. The van der Waals surface area contributed by atoms with Gasteiger partial charge < -0.3 is 13.5 Å². The van der Waals surface area contributed by atoms with Crippen LogP contribution < -0.4 is 4.90 Å². The van der Waals surface area contributed by atoms with E-state index < -0.39 is 13.2 Å². The largest absolute Gasteiger partial charge is 0.452 e. The molecule has 222 valence electrons. The average molecular weight is 622 g/mol. The smallest absolute Gasteiger partial charge is 0.173 e. The summed E-state index contributed by atoms with van der Waals surface area (Å²) in [6.45, 7) is 0. The molecule has 47 heavy (non-hydrogen) atoms. The molecule has 3 nitrogen and oxygen atoms in total. The molecule has 7 aromatic carbocycles. The molecule has 1 unspecified atom stereocenters. The van der Waals surface area contributed by atoms with E-state index in [4.69, 9.17) is 8.61 Å². The Hall–Kier alpha value is -5.76. The zero-order valence-corrected chi connectivity index (χ0v) is 26.3. The van der Waals surface area contributed by atoms with Gasteiger partial charge in [0, 0.05) is 17.1 Å². The Kier molecular flexibility index (Phi) is 5.70. The second-order valence-electron chi connectivity index (χ2n) is 12.1. The molecular weight excluding hydrogens is 593 g/mol. The maximum atomic E-state index is 6.72. The summed E-state index contributed by atoms with van der Waals surface area (Å²) in [5.74, 6) is 0. The van der Waals surface area contributed by atoms with Crippen molar-refractivity contribution in [2.24, 2.45) is 0 Å². The zero-order valence-electron chi connectivity index (χ0n) is 25.4. The number of fused-ring (bicyclic) bond motifs is 11. The number of benzene rings is 7. The SMILES string of the molecule is c1ccc(-p2oc3ccccc3oc3cc(N4c5ccccc5C5(c6ccccc6-c6ccccc65)c5ccccc54)ccc32)cc1. The molecule has 0 fully saturated rings. The van der Waals surface area contributed by atoms with Crippen LogP contribution in [-0.4, -0.2) is 0 Å². The average Bonchev–Trinajstić information content (AvgIpc) is 3.31. The second-order valence-corrected chi connectivity index (χ2v) is 13.9. The van der Waals surface area contributed by atoms with Gasteiger partial charge in [-0.2, -0.15) is 0 Å². The van der Waals surface area contributed by atoms with E-state index in [9.17, 15) is 0 Å². The third-order valence-electron chi connectivity index (χ3n) is 9.72. The standard InChI is InChI=1S/C43H28NO2P/c1-2-14-30(15-3-1)47-42-27-26-29(28-41(42)45-39-24-12-13-25-40(39)46-47)44-37-22-10-8-20-35(37)43(36-21-9-11-23-38(36)44)33-18-6-4-16-31(33)32-17-5-7-19-34(32)43/h1-28H. The summed E-state index contributed by atoms with van der Waals surface area (Å²) in [4.78, 5) is 2.41. The molecule has 1 aliphatic carbocycles. The molecule has 1 spiro atoms. The summed E-state index contributed by atoms with van der Waals surface area (Å²) in [5.41, 5.74) is 13.0. The summed E-state index contributed by atoms with van der Waals surface area (Å²) in [5, 5.41) is 2.20. The molecule has 0 saturated heterocycles. The van der Waals surface area contributed by atoms with Crippen molar-refractivity contribution >= 4 is 46.7 Å². The van der Waals surface area contributed by atoms with E-state index in [0.717, 1.165) is 44.2 Å². The molecule has 0 radical (unpaired) electrons. The van der Waals surface area contributed by atoms with Gasteiger partial charge in [0.2, 0.25) is 0 Å². The van der Waals surface area contributed by atoms with Crippen LogP contribution in [0.4, 0.5) is 17.1 Å². The van der Waals surface area contributed by atoms with Crippen molar-refractivity contribution in [3.05, 3.63) is 192 Å². The molecule has 1 aromatic heterocycles. The van der Waals surface area contributed by atoms with Crippen LogP contribution >= 0.6 is 7.77 Å². The van der Waals surface area contributed by atoms with Crippen molar-refractivity contribution in [3.63, 3.8) is 0 Å². The first-order valence-electron chi connectivity index (χ1n) is 15.9. The van der Waals surface area contributed by atoms with Crippen LogP contribution in [0.5, 0.6) is 0 Å². The highest BCUT2D eigenvalue weighted by Crippen LogP contribution is 2.63. The number of anilines is 3. The Morgan fingerprint density at radius 1 is 0.447 bits per heavy atom. The van der Waals surface area contributed by atoms with Crippen molar-refractivity contribution in [1.82, 2.24) is 0 Å². The molecule has 2 aliphatic rings. The van der Waals surface area contributed by atoms with Gasteiger partial charge >= 0.3 is 0 Å². The fourth-order valence-electron chi connectivity index (χ4n) is 7.86. The van der Waals surface area contributed by atoms with Gasteiger partial charge in [0.05, 0.1) is 29.7 Å². The molecule has 8 aromatic rings. The van der Waals surface area contributed by atoms with Gasteiger partial charge in [-0.05, 0) is 81.9 Å². The van der Waals surface area contributed by atoms with Crippen LogP contribution in [0.25, 0.3) is 38.3 Å². The molecule has 1 atom stereocenters. The summed E-state index contributed by atoms with van der Waals surface area (Å²) >= 11 is 0. The number of hydrogen-bond acceptors (Lipinski definition) is 3. The highest BCUT2D eigenvalue weighted by molar-refractivity contribution is 7.56. The number of para-hydroxylation sites is 4. The third-order valence-corrected chi connectivity index (χ3v) is 11.7. The van der Waals surface area contributed by atoms with Crippen LogP contribution in [0.1, 0.15) is 22.3 Å². The Labute approximate surface area is 273 Å². The lowest BCUT2D eigenvalue weighted by molar-refractivity contribution is 0.649. The first-order valence-corrected chi connectivity index (χ1v) is 17.2. The van der Waals surface area contributed by atoms with E-state index in [0.29, 0.717) is 0 Å². The molecule has 0 saturated carbocycles. The fourth-order valence-corrected chi connectivity index (χ4v) is 9.66. The maximum Gasteiger partial charge on any atom is 0.173 e. The Balaban J connectivity index is 1.27. The van der Waals surface area contributed by atoms with Gasteiger partial charge in [0.25, 0.3) is 0 Å². The molecule has 0 bridgehead atoms. The minimum Gasteiger partial charge on any atom is -0.452 e. The fraction of sp³-hybridized carbons (Fsp3) is 0.0233. The lowest BCUT2D eigenvalue weighted by atomic mass is 9.64. The van der Waals surface area contributed by atoms with E-state index in [1.807, 2.05) is 30.3 Å². The van der Waals surface area contributed by atoms with Crippen LogP contribution in [0.3, 0.4) is 0 Å². The molecule has 2 heterocycles. The topological polar surface area (TPSA) is 29.5 Å². The number of hydrogen-bond donors (Lipinski definition) is 0. The van der Waals surface area contributed by atoms with E-state index >= 15 is 0 Å². The molecule has 4 heteroatoms. The van der Waals surface area contributed by atoms with Crippen molar-refractivity contribution in [3.8, 4) is 16.4 Å². The quantitative estimate of drug-likeness (QED) is 0.192. The monoisotopic (exact) mass is 621 g/mol. The second kappa shape index (κ2) is 10.1. The Bertz CT molecular complexity index is 2460. The molecule has 0 amide bonds. The van der Waals surface area contributed by atoms with E-state index in [-0.39, 0.29) is 0 Å². The van der Waals surface area contributed by atoms with Crippen LogP contribution in [0, 0.1) is 0 Å². The van der Waals surface area contributed by atoms with Gasteiger partial charge in [-0.3, -0.25) is 0 Å². The van der Waals surface area contributed by atoms with Crippen LogP contribution in [0.15, 0.2) is 178 Å². The van der Waals surface area contributed by atoms with Crippen LogP contribution in [0.2, 0.25) is 0 Å². The van der Waals surface area contributed by atoms with Gasteiger partial charge in [-0.15, -0.1) is 0 Å². The van der Waals surface area contributed by atoms with Crippen molar-refractivity contribution in [2.75, 3.05) is 4.90 Å². The van der Waals surface area contributed by atoms with E-state index in [2.05, 4.69) is 144 Å². The molecule has 1 aliphatic heterocycles. The summed E-state index contributed by atoms with van der Waals surface area (Å²) in [6, 6.07) is 60.7. The van der Waals surface area contributed by atoms with Gasteiger partial charge in [0.15, 0.2) is 11.2 Å². The minimum atomic E-state index is -1.14. The number of rotatable bonds is 2. The normalized spacial score (nSPS) is 14.0. The molecular formula is C43H28NO2P. The third kappa shape index (κ3) is 3.69. The van der Waals surface area contributed by atoms with Crippen molar-refractivity contribution < 1.29 is 8.61 Å². The van der Waals surface area contributed by atoms with Gasteiger partial charge in [-0.1, -0.05) is 115 Å². The predicted molar refractivity (Wildman–Crippen MR) is 193 cm³/mol. The zero-order chi connectivity index (χ0) is 31.0. The maximum absolute atomic E-state index is 6.72. The van der Waals surface area contributed by atoms with Crippen molar-refractivity contribution in [1.29, 1.82) is 0 Å². The van der Waals surface area contributed by atoms with Crippen molar-refractivity contribution in [2.45, 2.75) is 5.41 Å². The molecule has 10 rings (SSSR count). The number of nitrogens with zero attached hydrogens (tertiary/aromatic N) is 1. The lowest BCUT2D eigenvalue weighted by Crippen LogP contribution is -2.36.